The molecule has 0 aromatic carbocycles. The van der Waals surface area contributed by atoms with Crippen LogP contribution in [0, 0.1) is 6.92 Å². The quantitative estimate of drug-likeness (QED) is 0.715. The van der Waals surface area contributed by atoms with Crippen LogP contribution in [0.3, 0.4) is 0 Å². The number of rotatable bonds is 5. The SMILES string of the molecule is CNc1nc(NCc2cc(C)no2)nc(-n2ccnc2)n1. The van der Waals surface area contributed by atoms with Crippen molar-refractivity contribution in [1.29, 1.82) is 0 Å². The Hall–Kier alpha value is -2.97. The Morgan fingerprint density at radius 1 is 1.24 bits per heavy atom. The van der Waals surface area contributed by atoms with Gasteiger partial charge in [-0.2, -0.15) is 15.0 Å². The van der Waals surface area contributed by atoms with Crippen LogP contribution in [0.25, 0.3) is 5.95 Å². The summed E-state index contributed by atoms with van der Waals surface area (Å²) in [5.74, 6) is 2.09. The molecule has 0 spiro atoms. The van der Waals surface area contributed by atoms with Crippen LogP contribution in [0.4, 0.5) is 11.9 Å². The fourth-order valence-corrected chi connectivity index (χ4v) is 1.71. The Bertz CT molecular complexity index is 721. The lowest BCUT2D eigenvalue weighted by Gasteiger charge is -2.07. The normalized spacial score (nSPS) is 10.6. The number of aryl methyl sites for hydroxylation is 1. The van der Waals surface area contributed by atoms with E-state index in [2.05, 4.69) is 35.7 Å². The van der Waals surface area contributed by atoms with E-state index in [-0.39, 0.29) is 0 Å². The van der Waals surface area contributed by atoms with E-state index in [4.69, 9.17) is 4.52 Å². The van der Waals surface area contributed by atoms with Crippen molar-refractivity contribution in [2.75, 3.05) is 17.7 Å². The molecule has 0 aliphatic carbocycles. The summed E-state index contributed by atoms with van der Waals surface area (Å²) < 4.78 is 6.83. The Balaban J connectivity index is 1.82. The van der Waals surface area contributed by atoms with Gasteiger partial charge in [-0.3, -0.25) is 4.57 Å². The first-order valence-corrected chi connectivity index (χ1v) is 6.33. The Labute approximate surface area is 120 Å². The van der Waals surface area contributed by atoms with Crippen LogP contribution in [-0.2, 0) is 6.54 Å². The molecule has 0 aliphatic rings. The lowest BCUT2D eigenvalue weighted by molar-refractivity contribution is 0.384. The van der Waals surface area contributed by atoms with Crippen molar-refractivity contribution in [3.8, 4) is 5.95 Å². The third-order valence-corrected chi connectivity index (χ3v) is 2.68. The fraction of sp³-hybridized carbons (Fsp3) is 0.250. The van der Waals surface area contributed by atoms with Gasteiger partial charge in [0.2, 0.25) is 17.8 Å². The molecule has 3 rings (SSSR count). The van der Waals surface area contributed by atoms with Gasteiger partial charge >= 0.3 is 0 Å². The number of nitrogens with zero attached hydrogens (tertiary/aromatic N) is 6. The zero-order chi connectivity index (χ0) is 14.7. The van der Waals surface area contributed by atoms with Gasteiger partial charge in [-0.1, -0.05) is 5.16 Å². The molecule has 0 unspecified atom stereocenters. The molecule has 0 amide bonds. The molecule has 9 nitrogen and oxygen atoms in total. The molecule has 0 atom stereocenters. The summed E-state index contributed by atoms with van der Waals surface area (Å²) in [6, 6.07) is 1.85. The molecule has 2 N–H and O–H groups in total. The molecule has 3 aromatic heterocycles. The Morgan fingerprint density at radius 2 is 2.10 bits per heavy atom. The first-order valence-electron chi connectivity index (χ1n) is 6.33. The summed E-state index contributed by atoms with van der Waals surface area (Å²) in [6.45, 7) is 2.31. The van der Waals surface area contributed by atoms with E-state index in [1.54, 1.807) is 30.3 Å². The summed E-state index contributed by atoms with van der Waals surface area (Å²) in [7, 11) is 1.75. The summed E-state index contributed by atoms with van der Waals surface area (Å²) in [6.07, 6.45) is 5.05. The van der Waals surface area contributed by atoms with Crippen molar-refractivity contribution in [1.82, 2.24) is 29.7 Å². The van der Waals surface area contributed by atoms with Gasteiger partial charge in [-0.25, -0.2) is 4.98 Å². The lowest BCUT2D eigenvalue weighted by atomic mass is 10.4. The second-order valence-electron chi connectivity index (χ2n) is 4.29. The van der Waals surface area contributed by atoms with Gasteiger partial charge in [-0.15, -0.1) is 0 Å². The van der Waals surface area contributed by atoms with Crippen LogP contribution in [0.2, 0.25) is 0 Å². The molecule has 9 heteroatoms. The van der Waals surface area contributed by atoms with Gasteiger partial charge < -0.3 is 15.2 Å². The van der Waals surface area contributed by atoms with Crippen LogP contribution in [0.5, 0.6) is 0 Å². The highest BCUT2D eigenvalue weighted by Crippen LogP contribution is 2.10. The second kappa shape index (κ2) is 5.57. The highest BCUT2D eigenvalue weighted by Gasteiger charge is 2.08. The number of hydrogen-bond acceptors (Lipinski definition) is 8. The first kappa shape index (κ1) is 13.0. The highest BCUT2D eigenvalue weighted by molar-refractivity contribution is 5.37. The molecular formula is C12H14N8O. The number of anilines is 2. The van der Waals surface area contributed by atoms with Crippen molar-refractivity contribution >= 4 is 11.9 Å². The standard InChI is InChI=1S/C12H14N8O/c1-8-5-9(21-19-8)6-15-11-16-10(13-2)17-12(18-11)20-4-3-14-7-20/h3-5,7H,6H2,1-2H3,(H2,13,15,16,17,18). The molecule has 0 fully saturated rings. The molecule has 21 heavy (non-hydrogen) atoms. The predicted octanol–water partition coefficient (Wildman–Crippen LogP) is 1.01. The predicted molar refractivity (Wildman–Crippen MR) is 75.1 cm³/mol. The number of imidazole rings is 1. The van der Waals surface area contributed by atoms with Crippen molar-refractivity contribution in [3.63, 3.8) is 0 Å². The monoisotopic (exact) mass is 286 g/mol. The van der Waals surface area contributed by atoms with Crippen molar-refractivity contribution in [2.45, 2.75) is 13.5 Å². The molecular weight excluding hydrogens is 272 g/mol. The fourth-order valence-electron chi connectivity index (χ4n) is 1.71. The molecule has 3 heterocycles. The largest absolute Gasteiger partial charge is 0.359 e. The van der Waals surface area contributed by atoms with E-state index < -0.39 is 0 Å². The van der Waals surface area contributed by atoms with Crippen LogP contribution >= 0.6 is 0 Å². The van der Waals surface area contributed by atoms with E-state index in [1.807, 2.05) is 13.0 Å². The number of hydrogen-bond donors (Lipinski definition) is 2. The van der Waals surface area contributed by atoms with Crippen LogP contribution in [0.1, 0.15) is 11.5 Å². The van der Waals surface area contributed by atoms with Gasteiger partial charge in [0.15, 0.2) is 5.76 Å². The molecule has 0 saturated carbocycles. The number of aromatic nitrogens is 6. The van der Waals surface area contributed by atoms with Gasteiger partial charge in [0.25, 0.3) is 0 Å². The Kier molecular flexibility index (Phi) is 3.46. The van der Waals surface area contributed by atoms with E-state index in [0.717, 1.165) is 5.69 Å². The minimum Gasteiger partial charge on any atom is -0.359 e. The summed E-state index contributed by atoms with van der Waals surface area (Å²) in [5.41, 5.74) is 0.831. The summed E-state index contributed by atoms with van der Waals surface area (Å²) in [5, 5.41) is 9.81. The average Bonchev–Trinajstić information content (AvgIpc) is 3.16. The minimum atomic E-state index is 0.437. The van der Waals surface area contributed by atoms with Crippen molar-refractivity contribution < 1.29 is 4.52 Å². The van der Waals surface area contributed by atoms with E-state index in [0.29, 0.717) is 30.2 Å². The maximum atomic E-state index is 5.13. The third-order valence-electron chi connectivity index (χ3n) is 2.68. The van der Waals surface area contributed by atoms with Gasteiger partial charge in [-0.05, 0) is 6.92 Å². The van der Waals surface area contributed by atoms with Gasteiger partial charge in [0.05, 0.1) is 12.2 Å². The van der Waals surface area contributed by atoms with E-state index in [1.165, 1.54) is 0 Å². The van der Waals surface area contributed by atoms with E-state index >= 15 is 0 Å². The molecule has 0 bridgehead atoms. The molecule has 0 aliphatic heterocycles. The maximum absolute atomic E-state index is 5.13. The number of nitrogens with one attached hydrogen (secondary N) is 2. The van der Waals surface area contributed by atoms with Crippen LogP contribution in [-0.4, -0.2) is 36.7 Å². The maximum Gasteiger partial charge on any atom is 0.241 e. The first-order chi connectivity index (χ1) is 10.2. The summed E-state index contributed by atoms with van der Waals surface area (Å²) >= 11 is 0. The average molecular weight is 286 g/mol. The topological polar surface area (TPSA) is 107 Å². The van der Waals surface area contributed by atoms with Gasteiger partial charge in [0, 0.05) is 25.5 Å². The van der Waals surface area contributed by atoms with Crippen molar-refractivity contribution in [3.05, 3.63) is 36.2 Å². The minimum absolute atomic E-state index is 0.437. The molecule has 0 radical (unpaired) electrons. The van der Waals surface area contributed by atoms with Crippen molar-refractivity contribution in [2.24, 2.45) is 0 Å². The zero-order valence-electron chi connectivity index (χ0n) is 11.6. The zero-order valence-corrected chi connectivity index (χ0v) is 11.6. The summed E-state index contributed by atoms with van der Waals surface area (Å²) in [4.78, 5) is 16.8. The van der Waals surface area contributed by atoms with Gasteiger partial charge in [0.1, 0.15) is 6.33 Å². The van der Waals surface area contributed by atoms with Crippen LogP contribution in [0.15, 0.2) is 29.3 Å². The lowest BCUT2D eigenvalue weighted by Crippen LogP contribution is -2.10. The van der Waals surface area contributed by atoms with Crippen LogP contribution < -0.4 is 10.6 Å². The molecule has 108 valence electrons. The highest BCUT2D eigenvalue weighted by atomic mass is 16.5. The smallest absolute Gasteiger partial charge is 0.241 e. The Morgan fingerprint density at radius 3 is 2.76 bits per heavy atom. The van der Waals surface area contributed by atoms with E-state index in [9.17, 15) is 0 Å². The second-order valence-corrected chi connectivity index (χ2v) is 4.29. The molecule has 3 aromatic rings. The molecule has 0 saturated heterocycles. The third kappa shape index (κ3) is 2.96.